The second-order valence-corrected chi connectivity index (χ2v) is 7.06. The van der Waals surface area contributed by atoms with Crippen molar-refractivity contribution in [2.75, 3.05) is 12.4 Å². The van der Waals surface area contributed by atoms with Crippen LogP contribution in [0.15, 0.2) is 4.34 Å². The number of carbonyl (C=O) groups excluding carboxylic acids is 1. The normalized spacial score (nSPS) is 17.8. The summed E-state index contributed by atoms with van der Waals surface area (Å²) in [6.45, 7) is 6.19. The summed E-state index contributed by atoms with van der Waals surface area (Å²) < 4.78 is 10.4. The zero-order chi connectivity index (χ0) is 14.6. The molecule has 1 aromatic heterocycles. The number of nitrogens with zero attached hydrogens (tertiary/aromatic N) is 2. The van der Waals surface area contributed by atoms with E-state index in [2.05, 4.69) is 14.7 Å². The van der Waals surface area contributed by atoms with E-state index in [1.54, 1.807) is 11.8 Å². The van der Waals surface area contributed by atoms with Gasteiger partial charge in [0.1, 0.15) is 11.4 Å². The van der Waals surface area contributed by atoms with Crippen LogP contribution in [0.5, 0.6) is 0 Å². The van der Waals surface area contributed by atoms with Crippen LogP contribution in [0.1, 0.15) is 39.4 Å². The number of hydrogen-bond donors (Lipinski definition) is 1. The molecular weight excluding hydrogens is 294 g/mol. The highest BCUT2D eigenvalue weighted by molar-refractivity contribution is 8.01. The first-order chi connectivity index (χ1) is 9.57. The summed E-state index contributed by atoms with van der Waals surface area (Å²) in [6.07, 6.45) is 3.11. The van der Waals surface area contributed by atoms with E-state index >= 15 is 0 Å². The average molecular weight is 315 g/mol. The van der Waals surface area contributed by atoms with E-state index in [0.717, 1.165) is 29.4 Å². The number of rotatable bonds is 8. The van der Waals surface area contributed by atoms with Crippen molar-refractivity contribution in [2.45, 2.75) is 56.0 Å². The second-order valence-electron chi connectivity index (χ2n) is 5.09. The Balaban J connectivity index is 1.97. The molecule has 1 saturated carbocycles. The molecule has 7 heteroatoms. The van der Waals surface area contributed by atoms with E-state index in [9.17, 15) is 4.79 Å². The Morgan fingerprint density at radius 3 is 2.85 bits per heavy atom. The molecule has 0 radical (unpaired) electrons. The fraction of sp³-hybridized carbons (Fsp3) is 0.769. The van der Waals surface area contributed by atoms with Crippen LogP contribution in [-0.2, 0) is 16.0 Å². The zero-order valence-corrected chi connectivity index (χ0v) is 13.8. The summed E-state index contributed by atoms with van der Waals surface area (Å²) in [6, 6.07) is 0.450. The molecule has 1 N–H and O–H groups in total. The quantitative estimate of drug-likeness (QED) is 0.586. The lowest BCUT2D eigenvalue weighted by molar-refractivity contribution is -0.149. The van der Waals surface area contributed by atoms with Crippen LogP contribution in [-0.4, -0.2) is 39.3 Å². The minimum absolute atomic E-state index is 0.181. The predicted octanol–water partition coefficient (Wildman–Crippen LogP) is 2.27. The van der Waals surface area contributed by atoms with Crippen LogP contribution in [0.4, 0.5) is 0 Å². The van der Waals surface area contributed by atoms with Gasteiger partial charge < -0.3 is 4.74 Å². The van der Waals surface area contributed by atoms with Gasteiger partial charge in [0.2, 0.25) is 0 Å². The summed E-state index contributed by atoms with van der Waals surface area (Å²) in [4.78, 5) is 16.6. The first-order valence-electron chi connectivity index (χ1n) is 6.97. The van der Waals surface area contributed by atoms with Gasteiger partial charge in [0.25, 0.3) is 0 Å². The first kappa shape index (κ1) is 15.7. The molecule has 0 aliphatic heterocycles. The topological polar surface area (TPSA) is 64.1 Å². The maximum absolute atomic E-state index is 12.2. The Kier molecular flexibility index (Phi) is 5.40. The predicted molar refractivity (Wildman–Crippen MR) is 81.2 cm³/mol. The summed E-state index contributed by atoms with van der Waals surface area (Å²) >= 11 is 2.97. The third-order valence-corrected chi connectivity index (χ3v) is 5.26. The van der Waals surface area contributed by atoms with Crippen LogP contribution in [0.3, 0.4) is 0 Å². The fourth-order valence-electron chi connectivity index (χ4n) is 1.77. The highest BCUT2D eigenvalue weighted by Crippen LogP contribution is 2.29. The number of thioether (sulfide) groups is 1. The van der Waals surface area contributed by atoms with Gasteiger partial charge in [-0.05, 0) is 38.2 Å². The smallest absolute Gasteiger partial charge is 0.326 e. The SMILES string of the molecule is CCOC(=O)C(C)(CSc1nc(CC)ns1)NC1CC1. The largest absolute Gasteiger partial charge is 0.465 e. The summed E-state index contributed by atoms with van der Waals surface area (Å²) in [5, 5.41) is 3.40. The lowest BCUT2D eigenvalue weighted by atomic mass is 10.1. The van der Waals surface area contributed by atoms with Crippen molar-refractivity contribution in [1.82, 2.24) is 14.7 Å². The Hall–Kier alpha value is -0.660. The molecule has 1 aliphatic carbocycles. The molecule has 1 fully saturated rings. The van der Waals surface area contributed by atoms with Gasteiger partial charge in [-0.1, -0.05) is 18.7 Å². The maximum atomic E-state index is 12.2. The molecule has 1 heterocycles. The van der Waals surface area contributed by atoms with Crippen molar-refractivity contribution in [3.05, 3.63) is 5.82 Å². The van der Waals surface area contributed by atoms with E-state index < -0.39 is 5.54 Å². The fourth-order valence-corrected chi connectivity index (χ4v) is 3.56. The van der Waals surface area contributed by atoms with Crippen LogP contribution in [0.2, 0.25) is 0 Å². The third kappa shape index (κ3) is 4.17. The lowest BCUT2D eigenvalue weighted by Crippen LogP contribution is -2.53. The van der Waals surface area contributed by atoms with Crippen molar-refractivity contribution in [3.8, 4) is 0 Å². The van der Waals surface area contributed by atoms with Gasteiger partial charge in [-0.2, -0.15) is 4.37 Å². The van der Waals surface area contributed by atoms with Gasteiger partial charge in [-0.15, -0.1) is 0 Å². The van der Waals surface area contributed by atoms with E-state index in [1.807, 2.05) is 20.8 Å². The van der Waals surface area contributed by atoms with Crippen molar-refractivity contribution in [1.29, 1.82) is 0 Å². The van der Waals surface area contributed by atoms with E-state index in [1.165, 1.54) is 11.5 Å². The van der Waals surface area contributed by atoms with E-state index in [0.29, 0.717) is 18.4 Å². The molecule has 0 bridgehead atoms. The van der Waals surface area contributed by atoms with Gasteiger partial charge in [0.05, 0.1) is 6.61 Å². The molecule has 5 nitrogen and oxygen atoms in total. The average Bonchev–Trinajstić information content (AvgIpc) is 3.11. The molecule has 0 spiro atoms. The number of nitrogens with one attached hydrogen (secondary N) is 1. The van der Waals surface area contributed by atoms with Crippen molar-refractivity contribution < 1.29 is 9.53 Å². The number of esters is 1. The molecule has 20 heavy (non-hydrogen) atoms. The van der Waals surface area contributed by atoms with Crippen molar-refractivity contribution in [2.24, 2.45) is 0 Å². The third-order valence-electron chi connectivity index (χ3n) is 3.08. The van der Waals surface area contributed by atoms with E-state index in [-0.39, 0.29) is 5.97 Å². The number of aryl methyl sites for hydroxylation is 1. The van der Waals surface area contributed by atoms with E-state index in [4.69, 9.17) is 4.74 Å². The summed E-state index contributed by atoms with van der Waals surface area (Å²) in [5.74, 6) is 1.30. The molecular formula is C13H21N3O2S2. The van der Waals surface area contributed by atoms with Crippen LogP contribution < -0.4 is 5.32 Å². The number of carbonyl (C=O) groups is 1. The van der Waals surface area contributed by atoms with Crippen molar-refractivity contribution >= 4 is 29.3 Å². The minimum atomic E-state index is -0.653. The molecule has 1 aliphatic rings. The Bertz CT molecular complexity index is 462. The Labute approximate surface area is 128 Å². The lowest BCUT2D eigenvalue weighted by Gasteiger charge is -2.27. The van der Waals surface area contributed by atoms with Crippen LogP contribution in [0, 0.1) is 0 Å². The molecule has 1 atom stereocenters. The summed E-state index contributed by atoms with van der Waals surface area (Å²) in [7, 11) is 0. The monoisotopic (exact) mass is 315 g/mol. The highest BCUT2D eigenvalue weighted by Gasteiger charge is 2.40. The van der Waals surface area contributed by atoms with Gasteiger partial charge in [-0.25, -0.2) is 4.98 Å². The molecule has 1 aromatic rings. The van der Waals surface area contributed by atoms with Gasteiger partial charge in [0, 0.05) is 18.2 Å². The van der Waals surface area contributed by atoms with Crippen LogP contribution >= 0.6 is 23.3 Å². The second kappa shape index (κ2) is 6.87. The standard InChI is InChI=1S/C13H21N3O2S2/c1-4-10-14-12(20-16-10)19-8-13(3,11(17)18-5-2)15-9-6-7-9/h9,15H,4-8H2,1-3H3. The number of ether oxygens (including phenoxy) is 1. The number of hydrogen-bond acceptors (Lipinski definition) is 7. The molecule has 0 saturated heterocycles. The van der Waals surface area contributed by atoms with Gasteiger partial charge in [0.15, 0.2) is 4.34 Å². The Morgan fingerprint density at radius 1 is 1.55 bits per heavy atom. The maximum Gasteiger partial charge on any atom is 0.326 e. The van der Waals surface area contributed by atoms with Gasteiger partial charge in [-0.3, -0.25) is 10.1 Å². The molecule has 0 amide bonds. The molecule has 112 valence electrons. The summed E-state index contributed by atoms with van der Waals surface area (Å²) in [5.41, 5.74) is -0.653. The first-order valence-corrected chi connectivity index (χ1v) is 8.73. The highest BCUT2D eigenvalue weighted by atomic mass is 32.2. The molecule has 1 unspecified atom stereocenters. The minimum Gasteiger partial charge on any atom is -0.465 e. The number of aromatic nitrogens is 2. The van der Waals surface area contributed by atoms with Crippen LogP contribution in [0.25, 0.3) is 0 Å². The van der Waals surface area contributed by atoms with Gasteiger partial charge >= 0.3 is 5.97 Å². The Morgan fingerprint density at radius 2 is 2.30 bits per heavy atom. The molecule has 2 rings (SSSR count). The zero-order valence-electron chi connectivity index (χ0n) is 12.1. The van der Waals surface area contributed by atoms with Crippen molar-refractivity contribution in [3.63, 3.8) is 0 Å². The molecule has 0 aromatic carbocycles.